The third kappa shape index (κ3) is 4.92. The highest BCUT2D eigenvalue weighted by molar-refractivity contribution is 14.1. The second-order valence-corrected chi connectivity index (χ2v) is 5.20. The topological polar surface area (TPSA) is 41.3 Å². The Morgan fingerprint density at radius 2 is 1.93 bits per heavy atom. The zero-order valence-electron chi connectivity index (χ0n) is 9.20. The molecular weight excluding hydrogens is 301 g/mol. The highest BCUT2D eigenvalue weighted by Gasteiger charge is 2.08. The summed E-state index contributed by atoms with van der Waals surface area (Å²) in [5.74, 6) is 5.52. The van der Waals surface area contributed by atoms with Crippen molar-refractivity contribution < 1.29 is 0 Å². The molecule has 1 atom stereocenters. The van der Waals surface area contributed by atoms with E-state index in [1.165, 1.54) is 9.13 Å². The van der Waals surface area contributed by atoms with E-state index in [9.17, 15) is 0 Å². The largest absolute Gasteiger partial charge is 0.308 e. The van der Waals surface area contributed by atoms with Gasteiger partial charge in [0, 0.05) is 16.2 Å². The van der Waals surface area contributed by atoms with Crippen LogP contribution in [0.4, 0.5) is 0 Å². The van der Waals surface area contributed by atoms with E-state index in [1.54, 1.807) is 0 Å². The van der Waals surface area contributed by atoms with Crippen LogP contribution >= 0.6 is 22.6 Å². The molecule has 84 valence electrons. The lowest BCUT2D eigenvalue weighted by Crippen LogP contribution is -2.43. The predicted octanol–water partition coefficient (Wildman–Crippen LogP) is 1.23. The molecule has 1 aromatic carbocycles. The average molecular weight is 319 g/mol. The quantitative estimate of drug-likeness (QED) is 0.487. The normalized spacial score (nSPS) is 13.1. The first kappa shape index (κ1) is 12.9. The van der Waals surface area contributed by atoms with Gasteiger partial charge in [-0.25, -0.2) is 0 Å². The van der Waals surface area contributed by atoms with Gasteiger partial charge in [-0.1, -0.05) is 12.1 Å². The minimum absolute atomic E-state index is 0.306. The highest BCUT2D eigenvalue weighted by atomic mass is 127. The molecular formula is C11H18IN3. The van der Waals surface area contributed by atoms with Crippen molar-refractivity contribution in [2.75, 3.05) is 20.6 Å². The minimum atomic E-state index is 0.306. The third-order valence-corrected chi connectivity index (χ3v) is 2.94. The predicted molar refractivity (Wildman–Crippen MR) is 72.5 cm³/mol. The van der Waals surface area contributed by atoms with E-state index in [0.29, 0.717) is 6.04 Å². The van der Waals surface area contributed by atoms with E-state index in [0.717, 1.165) is 13.0 Å². The van der Waals surface area contributed by atoms with Crippen molar-refractivity contribution in [2.24, 2.45) is 5.84 Å². The minimum Gasteiger partial charge on any atom is -0.308 e. The molecule has 0 spiro atoms. The molecule has 0 aliphatic carbocycles. The maximum atomic E-state index is 5.52. The Kier molecular flexibility index (Phi) is 5.52. The lowest BCUT2D eigenvalue weighted by Gasteiger charge is -2.20. The number of hydrogen-bond acceptors (Lipinski definition) is 3. The van der Waals surface area contributed by atoms with Gasteiger partial charge in [-0.15, -0.1) is 0 Å². The molecule has 0 bridgehead atoms. The number of hydrogen-bond donors (Lipinski definition) is 2. The summed E-state index contributed by atoms with van der Waals surface area (Å²) in [6.07, 6.45) is 0.964. The first-order valence-corrected chi connectivity index (χ1v) is 6.05. The van der Waals surface area contributed by atoms with Crippen molar-refractivity contribution in [3.63, 3.8) is 0 Å². The van der Waals surface area contributed by atoms with Crippen molar-refractivity contribution in [1.29, 1.82) is 0 Å². The Labute approximate surface area is 105 Å². The summed E-state index contributed by atoms with van der Waals surface area (Å²) in [7, 11) is 4.11. The van der Waals surface area contributed by atoms with E-state index < -0.39 is 0 Å². The van der Waals surface area contributed by atoms with Crippen molar-refractivity contribution in [3.8, 4) is 0 Å². The average Bonchev–Trinajstić information content (AvgIpc) is 2.19. The van der Waals surface area contributed by atoms with Crippen LogP contribution in [0.1, 0.15) is 5.56 Å². The van der Waals surface area contributed by atoms with Crippen LogP contribution in [0.5, 0.6) is 0 Å². The summed E-state index contributed by atoms with van der Waals surface area (Å²) >= 11 is 2.31. The van der Waals surface area contributed by atoms with E-state index in [-0.39, 0.29) is 0 Å². The summed E-state index contributed by atoms with van der Waals surface area (Å²) in [5.41, 5.74) is 4.17. The molecule has 3 nitrogen and oxygen atoms in total. The van der Waals surface area contributed by atoms with Crippen LogP contribution in [0.3, 0.4) is 0 Å². The van der Waals surface area contributed by atoms with Gasteiger partial charge in [0.25, 0.3) is 0 Å². The zero-order chi connectivity index (χ0) is 11.3. The summed E-state index contributed by atoms with van der Waals surface area (Å²) in [4.78, 5) is 2.14. The number of nitrogens with one attached hydrogen (secondary N) is 1. The van der Waals surface area contributed by atoms with Gasteiger partial charge >= 0.3 is 0 Å². The molecule has 0 aromatic heterocycles. The van der Waals surface area contributed by atoms with E-state index in [1.807, 2.05) is 0 Å². The van der Waals surface area contributed by atoms with Crippen LogP contribution < -0.4 is 11.3 Å². The molecule has 1 rings (SSSR count). The molecule has 0 radical (unpaired) electrons. The maximum Gasteiger partial charge on any atom is 0.0377 e. The Hall–Kier alpha value is -0.170. The van der Waals surface area contributed by atoms with Crippen molar-refractivity contribution >= 4 is 22.6 Å². The summed E-state index contributed by atoms with van der Waals surface area (Å²) < 4.78 is 1.27. The number of halogens is 1. The second kappa shape index (κ2) is 6.42. The van der Waals surface area contributed by atoms with Crippen LogP contribution in [-0.2, 0) is 6.42 Å². The molecule has 4 heteroatoms. The standard InChI is InChI=1S/C11H18IN3/c1-15(2)8-11(14-13)7-9-3-5-10(12)6-4-9/h3-6,11,14H,7-8,13H2,1-2H3. The molecule has 0 aliphatic rings. The molecule has 3 N–H and O–H groups in total. The van der Waals surface area contributed by atoms with Crippen LogP contribution in [-0.4, -0.2) is 31.6 Å². The van der Waals surface area contributed by atoms with Crippen molar-refractivity contribution in [3.05, 3.63) is 33.4 Å². The van der Waals surface area contributed by atoms with Crippen LogP contribution in [0.25, 0.3) is 0 Å². The van der Waals surface area contributed by atoms with Gasteiger partial charge in [0.05, 0.1) is 0 Å². The fraction of sp³-hybridized carbons (Fsp3) is 0.455. The van der Waals surface area contributed by atoms with Crippen LogP contribution in [0, 0.1) is 3.57 Å². The smallest absolute Gasteiger partial charge is 0.0377 e. The van der Waals surface area contributed by atoms with Gasteiger partial charge in [-0.2, -0.15) is 0 Å². The Morgan fingerprint density at radius 3 is 2.40 bits per heavy atom. The first-order chi connectivity index (χ1) is 7.11. The number of nitrogens with two attached hydrogens (primary N) is 1. The lowest BCUT2D eigenvalue weighted by atomic mass is 10.1. The number of hydrazine groups is 1. The van der Waals surface area contributed by atoms with Gasteiger partial charge < -0.3 is 4.90 Å². The fourth-order valence-electron chi connectivity index (χ4n) is 1.52. The third-order valence-electron chi connectivity index (χ3n) is 2.22. The molecule has 1 unspecified atom stereocenters. The van der Waals surface area contributed by atoms with Gasteiger partial charge in [0.15, 0.2) is 0 Å². The number of likely N-dealkylation sites (N-methyl/N-ethyl adjacent to an activating group) is 1. The van der Waals surface area contributed by atoms with Gasteiger partial charge in [-0.05, 0) is 60.8 Å². The molecule has 0 saturated heterocycles. The zero-order valence-corrected chi connectivity index (χ0v) is 11.4. The molecule has 0 fully saturated rings. The number of nitrogens with zero attached hydrogens (tertiary/aromatic N) is 1. The monoisotopic (exact) mass is 319 g/mol. The Morgan fingerprint density at radius 1 is 1.33 bits per heavy atom. The molecule has 0 amide bonds. The van der Waals surface area contributed by atoms with E-state index in [4.69, 9.17) is 5.84 Å². The summed E-state index contributed by atoms with van der Waals surface area (Å²) in [6, 6.07) is 8.86. The maximum absolute atomic E-state index is 5.52. The van der Waals surface area contributed by atoms with Crippen molar-refractivity contribution in [2.45, 2.75) is 12.5 Å². The first-order valence-electron chi connectivity index (χ1n) is 4.97. The van der Waals surface area contributed by atoms with Gasteiger partial charge in [0.2, 0.25) is 0 Å². The van der Waals surface area contributed by atoms with Crippen molar-refractivity contribution in [1.82, 2.24) is 10.3 Å². The molecule has 0 heterocycles. The molecule has 1 aromatic rings. The highest BCUT2D eigenvalue weighted by Crippen LogP contribution is 2.08. The van der Waals surface area contributed by atoms with E-state index in [2.05, 4.69) is 71.3 Å². The molecule has 0 saturated carbocycles. The number of benzene rings is 1. The number of rotatable bonds is 5. The van der Waals surface area contributed by atoms with Crippen LogP contribution in [0.2, 0.25) is 0 Å². The summed E-state index contributed by atoms with van der Waals surface area (Å²) in [5, 5.41) is 0. The Balaban J connectivity index is 2.54. The molecule has 15 heavy (non-hydrogen) atoms. The Bertz CT molecular complexity index is 284. The van der Waals surface area contributed by atoms with Gasteiger partial charge in [0.1, 0.15) is 0 Å². The lowest BCUT2D eigenvalue weighted by molar-refractivity contribution is 0.338. The van der Waals surface area contributed by atoms with Gasteiger partial charge in [-0.3, -0.25) is 11.3 Å². The fourth-order valence-corrected chi connectivity index (χ4v) is 1.88. The molecule has 0 aliphatic heterocycles. The SMILES string of the molecule is CN(C)CC(Cc1ccc(I)cc1)NN. The van der Waals surface area contributed by atoms with Crippen LogP contribution in [0.15, 0.2) is 24.3 Å². The van der Waals surface area contributed by atoms with E-state index >= 15 is 0 Å². The second-order valence-electron chi connectivity index (χ2n) is 3.96. The summed E-state index contributed by atoms with van der Waals surface area (Å²) in [6.45, 7) is 0.947.